The first-order valence-corrected chi connectivity index (χ1v) is 8.54. The lowest BCUT2D eigenvalue weighted by molar-refractivity contribution is -0.140. The summed E-state index contributed by atoms with van der Waals surface area (Å²) < 4.78 is 13.3. The lowest BCUT2D eigenvalue weighted by atomic mass is 10.1. The number of hydrogen-bond donors (Lipinski definition) is 5. The van der Waals surface area contributed by atoms with Gasteiger partial charge >= 0.3 is 18.0 Å². The second kappa shape index (κ2) is 12.1. The Morgan fingerprint density at radius 3 is 2.36 bits per heavy atom. The number of carbonyl (C=O) groups is 4. The molecule has 1 aromatic heterocycles. The smallest absolute Gasteiger partial charge is 0.326 e. The summed E-state index contributed by atoms with van der Waals surface area (Å²) in [5.74, 6) is -3.97. The molecule has 0 saturated heterocycles. The lowest BCUT2D eigenvalue weighted by Crippen LogP contribution is -2.46. The summed E-state index contributed by atoms with van der Waals surface area (Å²) in [4.78, 5) is 51.7. The number of nitrogens with one attached hydrogen (secondary N) is 3. The molecule has 1 atom stereocenters. The first kappa shape index (κ1) is 22.7. The maximum atomic E-state index is 13.3. The van der Waals surface area contributed by atoms with Crippen molar-refractivity contribution in [1.29, 1.82) is 0 Å². The Bertz CT molecular complexity index is 702. The predicted molar refractivity (Wildman–Crippen MR) is 93.0 cm³/mol. The number of aromatic nitrogens is 2. The molecule has 3 amide bonds. The Hall–Kier alpha value is -3.31. The van der Waals surface area contributed by atoms with Crippen LogP contribution in [-0.2, 0) is 9.59 Å². The highest BCUT2D eigenvalue weighted by atomic mass is 18.2. The van der Waals surface area contributed by atoms with Crippen molar-refractivity contribution in [3.63, 3.8) is 0 Å². The zero-order valence-electron chi connectivity index (χ0n) is 15.0. The van der Waals surface area contributed by atoms with Gasteiger partial charge in [-0.25, -0.2) is 19.6 Å². The fourth-order valence-corrected chi connectivity index (χ4v) is 2.13. The fourth-order valence-electron chi connectivity index (χ4n) is 2.13. The number of nitrogens with zero attached hydrogens (tertiary/aromatic N) is 2. The molecule has 0 saturated carbocycles. The number of aliphatic carboxylic acids is 2. The highest BCUT2D eigenvalue weighted by Crippen LogP contribution is 2.01. The third-order valence-electron chi connectivity index (χ3n) is 3.58. The van der Waals surface area contributed by atoms with Gasteiger partial charge in [-0.3, -0.25) is 9.59 Å². The Morgan fingerprint density at radius 1 is 1.07 bits per heavy atom. The number of unbranched alkanes of at least 4 members (excludes halogenated alkanes) is 2. The van der Waals surface area contributed by atoms with Crippen molar-refractivity contribution in [2.45, 2.75) is 38.1 Å². The van der Waals surface area contributed by atoms with E-state index in [1.807, 2.05) is 0 Å². The van der Waals surface area contributed by atoms with Crippen LogP contribution >= 0.6 is 0 Å². The van der Waals surface area contributed by atoms with Gasteiger partial charge in [0.15, 0.2) is 0 Å². The van der Waals surface area contributed by atoms with Gasteiger partial charge in [0.1, 0.15) is 17.9 Å². The SMILES string of the molecule is O=C(O)CC[C@H](NC(=O)NCCCCCNC(=O)c1cncnc1[18F])C(=O)O. The van der Waals surface area contributed by atoms with E-state index in [0.29, 0.717) is 25.8 Å². The molecule has 0 aliphatic rings. The van der Waals surface area contributed by atoms with Gasteiger partial charge in [-0.1, -0.05) is 0 Å². The van der Waals surface area contributed by atoms with Gasteiger partial charge in [0.2, 0.25) is 5.95 Å². The van der Waals surface area contributed by atoms with Crippen LogP contribution in [0.5, 0.6) is 0 Å². The summed E-state index contributed by atoms with van der Waals surface area (Å²) in [6, 6.07) is -1.99. The van der Waals surface area contributed by atoms with Crippen LogP contribution < -0.4 is 16.0 Å². The molecular weight excluding hydrogens is 376 g/mol. The molecule has 11 nitrogen and oxygen atoms in total. The Balaban J connectivity index is 2.15. The molecule has 0 unspecified atom stereocenters. The van der Waals surface area contributed by atoms with E-state index in [0.717, 1.165) is 12.5 Å². The molecule has 0 aromatic carbocycles. The quantitative estimate of drug-likeness (QED) is 0.244. The average Bonchev–Trinajstić information content (AvgIpc) is 2.64. The fraction of sp³-hybridized carbons (Fsp3) is 0.500. The molecule has 5 N–H and O–H groups in total. The van der Waals surface area contributed by atoms with E-state index < -0.39 is 35.9 Å². The minimum Gasteiger partial charge on any atom is -0.481 e. The van der Waals surface area contributed by atoms with Crippen molar-refractivity contribution in [2.75, 3.05) is 13.1 Å². The highest BCUT2D eigenvalue weighted by molar-refractivity contribution is 5.93. The van der Waals surface area contributed by atoms with Gasteiger partial charge in [0.05, 0.1) is 0 Å². The summed E-state index contributed by atoms with van der Waals surface area (Å²) in [6.07, 6.45) is 3.29. The van der Waals surface area contributed by atoms with Crippen LogP contribution in [0.2, 0.25) is 0 Å². The number of rotatable bonds is 12. The number of hydrogen-bond acceptors (Lipinski definition) is 6. The number of urea groups is 1. The molecule has 1 heterocycles. The van der Waals surface area contributed by atoms with Crippen LogP contribution in [0, 0.1) is 5.95 Å². The normalized spacial score (nSPS) is 11.3. The summed E-state index contributed by atoms with van der Waals surface area (Å²) in [5, 5.41) is 24.7. The third-order valence-corrected chi connectivity index (χ3v) is 3.58. The molecule has 28 heavy (non-hydrogen) atoms. The van der Waals surface area contributed by atoms with Crippen molar-refractivity contribution < 1.29 is 33.8 Å². The van der Waals surface area contributed by atoms with Crippen LogP contribution in [0.1, 0.15) is 42.5 Å². The van der Waals surface area contributed by atoms with Gasteiger partial charge in [-0.05, 0) is 25.7 Å². The number of carboxylic acids is 2. The minimum atomic E-state index is -1.31. The summed E-state index contributed by atoms with van der Waals surface area (Å²) in [7, 11) is 0. The van der Waals surface area contributed by atoms with Crippen LogP contribution in [0.3, 0.4) is 0 Å². The van der Waals surface area contributed by atoms with Crippen molar-refractivity contribution in [3.8, 4) is 0 Å². The summed E-state index contributed by atoms with van der Waals surface area (Å²) in [5.41, 5.74) is -0.239. The Kier molecular flexibility index (Phi) is 9.86. The number of amides is 3. The molecule has 154 valence electrons. The van der Waals surface area contributed by atoms with Crippen LogP contribution in [0.15, 0.2) is 12.5 Å². The van der Waals surface area contributed by atoms with Crippen molar-refractivity contribution >= 4 is 23.9 Å². The van der Waals surface area contributed by atoms with Gasteiger partial charge in [-0.2, -0.15) is 4.39 Å². The second-order valence-electron chi connectivity index (χ2n) is 5.77. The molecule has 0 radical (unpaired) electrons. The zero-order chi connectivity index (χ0) is 20.9. The van der Waals surface area contributed by atoms with E-state index >= 15 is 0 Å². The van der Waals surface area contributed by atoms with Crippen LogP contribution in [0.4, 0.5) is 9.18 Å². The molecule has 0 bridgehead atoms. The molecule has 0 spiro atoms. The zero-order valence-corrected chi connectivity index (χ0v) is 15.0. The topological polar surface area (TPSA) is 171 Å². The highest BCUT2D eigenvalue weighted by Gasteiger charge is 2.20. The molecule has 1 aromatic rings. The largest absolute Gasteiger partial charge is 0.481 e. The average molecular weight is 398 g/mol. The first-order valence-electron chi connectivity index (χ1n) is 8.54. The van der Waals surface area contributed by atoms with Crippen molar-refractivity contribution in [1.82, 2.24) is 25.9 Å². The van der Waals surface area contributed by atoms with Crippen LogP contribution in [0.25, 0.3) is 0 Å². The standard InChI is InChI=1S/C16H22FN5O6/c17-13-10(8-18-9-21-13)14(25)19-6-2-1-3-7-20-16(28)22-11(15(26)27)4-5-12(23)24/h8-9,11H,1-7H2,(H,19,25)(H,23,24)(H,26,27)(H2,20,22,28)/t11-/m0/s1/i17-1. The molecule has 0 aliphatic carbocycles. The van der Waals surface area contributed by atoms with E-state index in [2.05, 4.69) is 25.9 Å². The molecule has 1 rings (SSSR count). The monoisotopic (exact) mass is 398 g/mol. The van der Waals surface area contributed by atoms with Gasteiger partial charge in [0.25, 0.3) is 5.91 Å². The second-order valence-corrected chi connectivity index (χ2v) is 5.77. The van der Waals surface area contributed by atoms with Crippen LogP contribution in [-0.4, -0.2) is 63.2 Å². The minimum absolute atomic E-state index is 0.217. The first-order chi connectivity index (χ1) is 13.3. The van der Waals surface area contributed by atoms with E-state index in [1.165, 1.54) is 0 Å². The predicted octanol–water partition coefficient (Wildman–Crippen LogP) is 0.133. The Labute approximate surface area is 159 Å². The number of halogens is 1. The summed E-state index contributed by atoms with van der Waals surface area (Å²) >= 11 is 0. The maximum Gasteiger partial charge on any atom is 0.326 e. The van der Waals surface area contributed by atoms with E-state index in [4.69, 9.17) is 10.2 Å². The molecule has 12 heteroatoms. The van der Waals surface area contributed by atoms with E-state index in [1.54, 1.807) is 0 Å². The van der Waals surface area contributed by atoms with Crippen molar-refractivity contribution in [2.24, 2.45) is 0 Å². The molecular formula is C16H22FN5O6. The lowest BCUT2D eigenvalue weighted by Gasteiger charge is -2.14. The maximum absolute atomic E-state index is 13.3. The number of carboxylic acid groups (broad SMARTS) is 2. The molecule has 0 aliphatic heterocycles. The van der Waals surface area contributed by atoms with E-state index in [-0.39, 0.29) is 24.9 Å². The molecule has 0 fully saturated rings. The third kappa shape index (κ3) is 8.87. The van der Waals surface area contributed by atoms with Gasteiger partial charge < -0.3 is 26.2 Å². The van der Waals surface area contributed by atoms with E-state index in [9.17, 15) is 23.6 Å². The Morgan fingerprint density at radius 2 is 1.75 bits per heavy atom. The van der Waals surface area contributed by atoms with Gasteiger partial charge in [-0.15, -0.1) is 0 Å². The number of carbonyl (C=O) groups excluding carboxylic acids is 2. The van der Waals surface area contributed by atoms with Gasteiger partial charge in [0, 0.05) is 25.7 Å². The van der Waals surface area contributed by atoms with Crippen molar-refractivity contribution in [3.05, 3.63) is 24.0 Å². The summed E-state index contributed by atoms with van der Waals surface area (Å²) in [6.45, 7) is 0.571.